The fourth-order valence-corrected chi connectivity index (χ4v) is 2.14. The largest absolute Gasteiger partial charge is 0.495 e. The minimum atomic E-state index is -0.198. The van der Waals surface area contributed by atoms with Gasteiger partial charge in [-0.1, -0.05) is 29.8 Å². The number of ether oxygens (including phenoxy) is 2. The van der Waals surface area contributed by atoms with Gasteiger partial charge in [-0.2, -0.15) is 0 Å². The first-order valence-corrected chi connectivity index (χ1v) is 6.94. The van der Waals surface area contributed by atoms with Crippen molar-refractivity contribution in [1.82, 2.24) is 0 Å². The predicted molar refractivity (Wildman–Crippen MR) is 79.5 cm³/mol. The summed E-state index contributed by atoms with van der Waals surface area (Å²) in [6.45, 7) is 4.51. The highest BCUT2D eigenvalue weighted by molar-refractivity contribution is 9.10. The first-order valence-electron chi connectivity index (χ1n) is 6.14. The Bertz CT molecular complexity index is 435. The summed E-state index contributed by atoms with van der Waals surface area (Å²) < 4.78 is 11.1. The van der Waals surface area contributed by atoms with Gasteiger partial charge in [-0.15, -0.1) is 0 Å². The average molecular weight is 330 g/mol. The Morgan fingerprint density at radius 1 is 1.37 bits per heavy atom. The molecule has 0 aliphatic carbocycles. The van der Waals surface area contributed by atoms with Crippen LogP contribution in [0.3, 0.4) is 0 Å². The van der Waals surface area contributed by atoms with Crippen molar-refractivity contribution < 1.29 is 14.3 Å². The van der Waals surface area contributed by atoms with Crippen molar-refractivity contribution in [3.05, 3.63) is 22.7 Å². The molecule has 0 saturated heterocycles. The van der Waals surface area contributed by atoms with Crippen LogP contribution in [0.25, 0.3) is 0 Å². The first kappa shape index (κ1) is 15.8. The number of benzene rings is 1. The number of rotatable bonds is 6. The van der Waals surface area contributed by atoms with E-state index < -0.39 is 0 Å². The van der Waals surface area contributed by atoms with Crippen molar-refractivity contribution in [2.24, 2.45) is 11.8 Å². The van der Waals surface area contributed by atoms with Crippen molar-refractivity contribution in [3.8, 4) is 5.75 Å². The monoisotopic (exact) mass is 329 g/mol. The quantitative estimate of drug-likeness (QED) is 0.813. The Labute approximate surface area is 122 Å². The molecule has 0 bridgehead atoms. The lowest BCUT2D eigenvalue weighted by Gasteiger charge is -2.20. The average Bonchev–Trinajstić information content (AvgIpc) is 2.38. The highest BCUT2D eigenvalue weighted by Gasteiger charge is 2.23. The molecule has 1 rings (SSSR count). The third-order valence-corrected chi connectivity index (χ3v) is 3.48. The Hall–Kier alpha value is -1.23. The lowest BCUT2D eigenvalue weighted by Crippen LogP contribution is -2.29. The van der Waals surface area contributed by atoms with E-state index in [2.05, 4.69) is 21.2 Å². The van der Waals surface area contributed by atoms with Gasteiger partial charge in [-0.3, -0.25) is 4.79 Å². The number of hydrogen-bond donors (Lipinski definition) is 1. The van der Waals surface area contributed by atoms with Crippen molar-refractivity contribution in [3.63, 3.8) is 0 Å². The number of halogens is 1. The van der Waals surface area contributed by atoms with Crippen LogP contribution in [0.5, 0.6) is 5.75 Å². The van der Waals surface area contributed by atoms with Crippen LogP contribution in [-0.2, 0) is 9.53 Å². The fraction of sp³-hybridized carbons (Fsp3) is 0.500. The SMILES string of the molecule is COC(=O)C(CNc1cc(Br)ccc1OC)C(C)C. The summed E-state index contributed by atoms with van der Waals surface area (Å²) in [6.07, 6.45) is 0. The zero-order valence-corrected chi connectivity index (χ0v) is 13.3. The van der Waals surface area contributed by atoms with Crippen LogP contribution in [0.4, 0.5) is 5.69 Å². The van der Waals surface area contributed by atoms with Gasteiger partial charge in [0.2, 0.25) is 0 Å². The van der Waals surface area contributed by atoms with E-state index in [0.29, 0.717) is 6.54 Å². The number of methoxy groups -OCH3 is 2. The van der Waals surface area contributed by atoms with Crippen LogP contribution >= 0.6 is 15.9 Å². The summed E-state index contributed by atoms with van der Waals surface area (Å²) in [5.74, 6) is 0.568. The summed E-state index contributed by atoms with van der Waals surface area (Å²) >= 11 is 3.42. The molecule has 4 nitrogen and oxygen atoms in total. The van der Waals surface area contributed by atoms with Crippen molar-refractivity contribution in [2.45, 2.75) is 13.8 Å². The molecule has 0 spiro atoms. The van der Waals surface area contributed by atoms with E-state index in [-0.39, 0.29) is 17.8 Å². The maximum absolute atomic E-state index is 11.7. The molecule has 0 aliphatic rings. The number of esters is 1. The Kier molecular flexibility index (Phi) is 6.15. The van der Waals surface area contributed by atoms with Gasteiger partial charge in [0, 0.05) is 11.0 Å². The van der Waals surface area contributed by atoms with E-state index in [1.165, 1.54) is 7.11 Å². The molecule has 5 heteroatoms. The van der Waals surface area contributed by atoms with E-state index in [1.807, 2.05) is 32.0 Å². The highest BCUT2D eigenvalue weighted by Crippen LogP contribution is 2.28. The second-order valence-electron chi connectivity index (χ2n) is 4.60. The van der Waals surface area contributed by atoms with Crippen molar-refractivity contribution in [2.75, 3.05) is 26.1 Å². The summed E-state index contributed by atoms with van der Waals surface area (Å²) in [7, 11) is 3.03. The number of carbonyl (C=O) groups excluding carboxylic acids is 1. The second kappa shape index (κ2) is 7.38. The number of nitrogens with one attached hydrogen (secondary N) is 1. The van der Waals surface area contributed by atoms with Gasteiger partial charge in [-0.05, 0) is 24.1 Å². The van der Waals surface area contributed by atoms with Gasteiger partial charge >= 0.3 is 5.97 Å². The Morgan fingerprint density at radius 3 is 2.58 bits per heavy atom. The van der Waals surface area contributed by atoms with Gasteiger partial charge < -0.3 is 14.8 Å². The van der Waals surface area contributed by atoms with Gasteiger partial charge in [0.25, 0.3) is 0 Å². The lowest BCUT2D eigenvalue weighted by atomic mass is 9.96. The molecule has 0 saturated carbocycles. The molecule has 19 heavy (non-hydrogen) atoms. The molecule has 1 atom stereocenters. The molecule has 0 amide bonds. The Morgan fingerprint density at radius 2 is 2.05 bits per heavy atom. The normalized spacial score (nSPS) is 12.1. The third-order valence-electron chi connectivity index (χ3n) is 2.98. The molecule has 1 unspecified atom stereocenters. The van der Waals surface area contributed by atoms with E-state index in [0.717, 1.165) is 15.9 Å². The predicted octanol–water partition coefficient (Wildman–Crippen LogP) is 3.31. The van der Waals surface area contributed by atoms with Crippen LogP contribution in [0.1, 0.15) is 13.8 Å². The molecular formula is C14H20BrNO3. The van der Waals surface area contributed by atoms with Gasteiger partial charge in [0.1, 0.15) is 5.75 Å². The number of hydrogen-bond acceptors (Lipinski definition) is 4. The Balaban J connectivity index is 2.79. The van der Waals surface area contributed by atoms with Gasteiger partial charge in [0.15, 0.2) is 0 Å². The highest BCUT2D eigenvalue weighted by atomic mass is 79.9. The molecule has 106 valence electrons. The van der Waals surface area contributed by atoms with Crippen LogP contribution < -0.4 is 10.1 Å². The third kappa shape index (κ3) is 4.42. The maximum Gasteiger partial charge on any atom is 0.310 e. The molecule has 1 N–H and O–H groups in total. The fourth-order valence-electron chi connectivity index (χ4n) is 1.78. The molecule has 0 aliphatic heterocycles. The first-order chi connectivity index (χ1) is 8.99. The minimum absolute atomic E-state index is 0.186. The van der Waals surface area contributed by atoms with Crippen molar-refractivity contribution in [1.29, 1.82) is 0 Å². The topological polar surface area (TPSA) is 47.6 Å². The molecule has 1 aromatic rings. The summed E-state index contributed by atoms with van der Waals surface area (Å²) in [4.78, 5) is 11.7. The smallest absolute Gasteiger partial charge is 0.310 e. The van der Waals surface area contributed by atoms with Crippen LogP contribution in [0.15, 0.2) is 22.7 Å². The maximum atomic E-state index is 11.7. The zero-order valence-electron chi connectivity index (χ0n) is 11.7. The second-order valence-corrected chi connectivity index (χ2v) is 5.51. The van der Waals surface area contributed by atoms with Crippen LogP contribution in [-0.4, -0.2) is 26.7 Å². The van der Waals surface area contributed by atoms with E-state index in [1.54, 1.807) is 7.11 Å². The molecule has 0 aromatic heterocycles. The molecule has 1 aromatic carbocycles. The summed E-state index contributed by atoms with van der Waals surface area (Å²) in [5, 5.41) is 3.25. The van der Waals surface area contributed by atoms with Crippen molar-refractivity contribution >= 4 is 27.6 Å². The molecule has 0 radical (unpaired) electrons. The molecule has 0 heterocycles. The van der Waals surface area contributed by atoms with Crippen LogP contribution in [0.2, 0.25) is 0 Å². The zero-order chi connectivity index (χ0) is 14.4. The van der Waals surface area contributed by atoms with Gasteiger partial charge in [-0.25, -0.2) is 0 Å². The van der Waals surface area contributed by atoms with E-state index >= 15 is 0 Å². The molecule has 0 fully saturated rings. The standard InChI is InChI=1S/C14H20BrNO3/c1-9(2)11(14(17)19-4)8-16-12-7-10(15)5-6-13(12)18-3/h5-7,9,11,16H,8H2,1-4H3. The number of carbonyl (C=O) groups is 1. The molecular weight excluding hydrogens is 310 g/mol. The van der Waals surface area contributed by atoms with E-state index in [4.69, 9.17) is 9.47 Å². The van der Waals surface area contributed by atoms with Crippen LogP contribution in [0, 0.1) is 11.8 Å². The summed E-state index contributed by atoms with van der Waals surface area (Å²) in [5.41, 5.74) is 0.853. The number of anilines is 1. The van der Waals surface area contributed by atoms with Gasteiger partial charge in [0.05, 0.1) is 25.8 Å². The summed E-state index contributed by atoms with van der Waals surface area (Å²) in [6, 6.07) is 5.70. The minimum Gasteiger partial charge on any atom is -0.495 e. The lowest BCUT2D eigenvalue weighted by molar-refractivity contribution is -0.146. The van der Waals surface area contributed by atoms with E-state index in [9.17, 15) is 4.79 Å².